The van der Waals surface area contributed by atoms with Crippen LogP contribution in [-0.2, 0) is 6.54 Å². The highest BCUT2D eigenvalue weighted by atomic mass is 35.5. The van der Waals surface area contributed by atoms with Gasteiger partial charge in [-0.25, -0.2) is 0 Å². The number of nitrogens with zero attached hydrogens (tertiary/aromatic N) is 1. The summed E-state index contributed by atoms with van der Waals surface area (Å²) in [6.45, 7) is 0.166. The number of halogens is 2. The number of phenols is 1. The lowest BCUT2D eigenvalue weighted by Crippen LogP contribution is -2.29. The zero-order valence-electron chi connectivity index (χ0n) is 16.0. The summed E-state index contributed by atoms with van der Waals surface area (Å²) in [4.78, 5) is 28.4. The number of hydrogen-bond acceptors (Lipinski definition) is 4. The molecule has 3 aromatic carbocycles. The minimum atomic E-state index is -0.745. The molecule has 0 aliphatic carbocycles. The van der Waals surface area contributed by atoms with Crippen LogP contribution in [0.5, 0.6) is 5.75 Å². The summed E-state index contributed by atoms with van der Waals surface area (Å²) in [7, 11) is 0. The normalized spacial score (nSPS) is 15.5. The molecule has 1 N–H and O–H groups in total. The van der Waals surface area contributed by atoms with Gasteiger partial charge in [0.15, 0.2) is 5.43 Å². The molecule has 1 amide bonds. The van der Waals surface area contributed by atoms with Crippen molar-refractivity contribution in [1.29, 1.82) is 0 Å². The molecule has 2 heterocycles. The van der Waals surface area contributed by atoms with Crippen molar-refractivity contribution in [3.63, 3.8) is 0 Å². The molecule has 1 atom stereocenters. The Bertz CT molecular complexity index is 1410. The predicted molar refractivity (Wildman–Crippen MR) is 119 cm³/mol. The fourth-order valence-electron chi connectivity index (χ4n) is 4.01. The first-order chi connectivity index (χ1) is 14.9. The summed E-state index contributed by atoms with van der Waals surface area (Å²) < 4.78 is 5.89. The minimum absolute atomic E-state index is 0.0137. The highest BCUT2D eigenvalue weighted by Gasteiger charge is 2.43. The number of carbonyl (C=O) groups excluding carboxylic acids is 1. The molecule has 1 aliphatic rings. The maximum Gasteiger partial charge on any atom is 0.291 e. The second kappa shape index (κ2) is 7.45. The van der Waals surface area contributed by atoms with E-state index in [1.165, 1.54) is 23.1 Å². The summed E-state index contributed by atoms with van der Waals surface area (Å²) in [5.41, 5.74) is 1.50. The van der Waals surface area contributed by atoms with Gasteiger partial charge in [-0.3, -0.25) is 9.59 Å². The third kappa shape index (κ3) is 3.26. The second-order valence-electron chi connectivity index (χ2n) is 7.34. The van der Waals surface area contributed by atoms with Crippen LogP contribution in [0.25, 0.3) is 11.0 Å². The van der Waals surface area contributed by atoms with Gasteiger partial charge in [0.05, 0.1) is 17.0 Å². The van der Waals surface area contributed by atoms with Crippen LogP contribution >= 0.6 is 23.2 Å². The van der Waals surface area contributed by atoms with Crippen LogP contribution in [0.15, 0.2) is 75.9 Å². The number of hydrogen-bond donors (Lipinski definition) is 1. The van der Waals surface area contributed by atoms with Gasteiger partial charge in [-0.1, -0.05) is 53.5 Å². The Hall–Kier alpha value is -3.28. The van der Waals surface area contributed by atoms with Gasteiger partial charge in [-0.05, 0) is 47.5 Å². The molecule has 7 heteroatoms. The standard InChI is InChI=1S/C24H15Cl2NO4/c25-15-8-9-19-17(11-15)22(29)20-21(13-5-3-6-16(28)10-13)27(24(30)23(20)31-19)12-14-4-1-2-7-18(14)26/h1-11,21,28H,12H2/t21-/m0/s1. The van der Waals surface area contributed by atoms with Crippen molar-refractivity contribution in [2.45, 2.75) is 12.6 Å². The summed E-state index contributed by atoms with van der Waals surface area (Å²) in [6, 6.07) is 17.7. The van der Waals surface area contributed by atoms with E-state index >= 15 is 0 Å². The molecule has 0 saturated heterocycles. The Kier molecular flexibility index (Phi) is 4.73. The molecule has 0 spiro atoms. The van der Waals surface area contributed by atoms with E-state index in [2.05, 4.69) is 0 Å². The number of phenolic OH excluding ortho intramolecular Hbond substituents is 1. The van der Waals surface area contributed by atoms with Crippen molar-refractivity contribution >= 4 is 40.1 Å². The van der Waals surface area contributed by atoms with Gasteiger partial charge in [0.2, 0.25) is 5.76 Å². The van der Waals surface area contributed by atoms with Crippen molar-refractivity contribution in [2.75, 3.05) is 0 Å². The van der Waals surface area contributed by atoms with Gasteiger partial charge in [0.25, 0.3) is 5.91 Å². The number of amides is 1. The Labute approximate surface area is 187 Å². The van der Waals surface area contributed by atoms with Crippen LogP contribution in [0.3, 0.4) is 0 Å². The monoisotopic (exact) mass is 451 g/mol. The van der Waals surface area contributed by atoms with Crippen LogP contribution in [0.1, 0.15) is 33.3 Å². The van der Waals surface area contributed by atoms with E-state index in [9.17, 15) is 14.7 Å². The molecule has 154 valence electrons. The number of aromatic hydroxyl groups is 1. The topological polar surface area (TPSA) is 70.8 Å². The quantitative estimate of drug-likeness (QED) is 0.443. The van der Waals surface area contributed by atoms with Crippen molar-refractivity contribution in [1.82, 2.24) is 4.90 Å². The van der Waals surface area contributed by atoms with Gasteiger partial charge in [0, 0.05) is 16.6 Å². The minimum Gasteiger partial charge on any atom is -0.508 e. The zero-order valence-corrected chi connectivity index (χ0v) is 17.5. The molecule has 1 aromatic heterocycles. The van der Waals surface area contributed by atoms with E-state index in [-0.39, 0.29) is 34.6 Å². The first-order valence-electron chi connectivity index (χ1n) is 9.53. The molecule has 0 unspecified atom stereocenters. The van der Waals surface area contributed by atoms with Gasteiger partial charge in [0.1, 0.15) is 11.3 Å². The lowest BCUT2D eigenvalue weighted by Gasteiger charge is -2.25. The number of carbonyl (C=O) groups is 1. The maximum absolute atomic E-state index is 13.5. The Morgan fingerprint density at radius 2 is 1.77 bits per heavy atom. The van der Waals surface area contributed by atoms with E-state index in [1.54, 1.807) is 36.4 Å². The van der Waals surface area contributed by atoms with Crippen LogP contribution < -0.4 is 5.43 Å². The maximum atomic E-state index is 13.5. The average Bonchev–Trinajstić information content (AvgIpc) is 3.02. The Morgan fingerprint density at radius 3 is 2.55 bits per heavy atom. The fourth-order valence-corrected chi connectivity index (χ4v) is 4.37. The molecule has 0 fully saturated rings. The molecule has 0 saturated carbocycles. The van der Waals surface area contributed by atoms with Crippen molar-refractivity contribution in [2.24, 2.45) is 0 Å². The second-order valence-corrected chi connectivity index (χ2v) is 8.18. The lowest BCUT2D eigenvalue weighted by molar-refractivity contribution is 0.0714. The van der Waals surface area contributed by atoms with E-state index in [1.807, 2.05) is 12.1 Å². The summed E-state index contributed by atoms with van der Waals surface area (Å²) in [5.74, 6) is -0.401. The van der Waals surface area contributed by atoms with E-state index in [0.29, 0.717) is 21.0 Å². The third-order valence-electron chi connectivity index (χ3n) is 5.41. The SMILES string of the molecule is O=C1c2oc3ccc(Cl)cc3c(=O)c2[C@H](c2cccc(O)c2)N1Cc1ccccc1Cl. The predicted octanol–water partition coefficient (Wildman–Crippen LogP) is 5.55. The lowest BCUT2D eigenvalue weighted by atomic mass is 9.98. The number of fused-ring (bicyclic) bond motifs is 2. The highest BCUT2D eigenvalue weighted by Crippen LogP contribution is 2.40. The molecule has 0 radical (unpaired) electrons. The number of benzene rings is 3. The Balaban J connectivity index is 1.75. The van der Waals surface area contributed by atoms with Gasteiger partial charge in [-0.15, -0.1) is 0 Å². The average molecular weight is 452 g/mol. The molecule has 5 rings (SSSR count). The van der Waals surface area contributed by atoms with Gasteiger partial charge >= 0.3 is 0 Å². The molecular formula is C24H15Cl2NO4. The van der Waals surface area contributed by atoms with Crippen LogP contribution in [0.4, 0.5) is 0 Å². The summed E-state index contributed by atoms with van der Waals surface area (Å²) in [6.07, 6.45) is 0. The van der Waals surface area contributed by atoms with Crippen LogP contribution in [-0.4, -0.2) is 15.9 Å². The van der Waals surface area contributed by atoms with E-state index < -0.39 is 11.9 Å². The molecule has 31 heavy (non-hydrogen) atoms. The number of rotatable bonds is 3. The van der Waals surface area contributed by atoms with Crippen molar-refractivity contribution < 1.29 is 14.3 Å². The fraction of sp³-hybridized carbons (Fsp3) is 0.0833. The first kappa shape index (κ1) is 19.7. The van der Waals surface area contributed by atoms with Gasteiger partial charge in [-0.2, -0.15) is 0 Å². The van der Waals surface area contributed by atoms with Crippen molar-refractivity contribution in [3.8, 4) is 5.75 Å². The van der Waals surface area contributed by atoms with E-state index in [4.69, 9.17) is 27.6 Å². The summed E-state index contributed by atoms with van der Waals surface area (Å²) in [5, 5.41) is 11.2. The summed E-state index contributed by atoms with van der Waals surface area (Å²) >= 11 is 12.4. The zero-order chi connectivity index (χ0) is 21.7. The molecule has 5 nitrogen and oxygen atoms in total. The first-order valence-corrected chi connectivity index (χ1v) is 10.3. The van der Waals surface area contributed by atoms with Crippen LogP contribution in [0, 0.1) is 0 Å². The highest BCUT2D eigenvalue weighted by molar-refractivity contribution is 6.31. The molecule has 4 aromatic rings. The largest absolute Gasteiger partial charge is 0.508 e. The molecular weight excluding hydrogens is 437 g/mol. The Morgan fingerprint density at radius 1 is 0.968 bits per heavy atom. The molecule has 1 aliphatic heterocycles. The third-order valence-corrected chi connectivity index (χ3v) is 6.02. The molecule has 0 bridgehead atoms. The smallest absolute Gasteiger partial charge is 0.291 e. The van der Waals surface area contributed by atoms with E-state index in [0.717, 1.165) is 5.56 Å². The van der Waals surface area contributed by atoms with Gasteiger partial charge < -0.3 is 14.4 Å². The van der Waals surface area contributed by atoms with Crippen LogP contribution in [0.2, 0.25) is 10.0 Å². The van der Waals surface area contributed by atoms with Crippen molar-refractivity contribution in [3.05, 3.63) is 109 Å².